The fourth-order valence-corrected chi connectivity index (χ4v) is 2.81. The molecule has 0 amide bonds. The highest BCUT2D eigenvalue weighted by Crippen LogP contribution is 2.24. The van der Waals surface area contributed by atoms with Gasteiger partial charge in [-0.2, -0.15) is 0 Å². The molecule has 21 heavy (non-hydrogen) atoms. The molecule has 0 saturated heterocycles. The molecule has 6 heteroatoms. The van der Waals surface area contributed by atoms with E-state index in [1.807, 2.05) is 38.1 Å². The lowest BCUT2D eigenvalue weighted by atomic mass is 10.1. The standard InChI is InChI=1S/C15H21N3O2S/c1-10-4-6-12(7-5-10)14-11(2)17-15(18-14)13(16)8-9-21(3,19)20/h4-7,13H,8-9,16H2,1-3H3,(H,17,18). The molecule has 0 aliphatic rings. The highest BCUT2D eigenvalue weighted by molar-refractivity contribution is 7.90. The normalized spacial score (nSPS) is 13.3. The number of hydrogen-bond donors (Lipinski definition) is 2. The molecule has 0 spiro atoms. The van der Waals surface area contributed by atoms with Gasteiger partial charge < -0.3 is 10.7 Å². The summed E-state index contributed by atoms with van der Waals surface area (Å²) in [7, 11) is -3.01. The first-order valence-corrected chi connectivity index (χ1v) is 8.89. The minimum absolute atomic E-state index is 0.0633. The van der Waals surface area contributed by atoms with Crippen molar-refractivity contribution >= 4 is 9.84 Å². The Balaban J connectivity index is 2.20. The van der Waals surface area contributed by atoms with Gasteiger partial charge in [0.25, 0.3) is 0 Å². The third-order valence-corrected chi connectivity index (χ3v) is 4.36. The van der Waals surface area contributed by atoms with Crippen LogP contribution >= 0.6 is 0 Å². The summed E-state index contributed by atoms with van der Waals surface area (Å²) in [4.78, 5) is 7.70. The summed E-state index contributed by atoms with van der Waals surface area (Å²) in [5, 5.41) is 0. The van der Waals surface area contributed by atoms with Crippen LogP contribution in [-0.4, -0.2) is 30.4 Å². The van der Waals surface area contributed by atoms with E-state index in [0.717, 1.165) is 17.0 Å². The number of nitrogens with two attached hydrogens (primary N) is 1. The zero-order valence-corrected chi connectivity index (χ0v) is 13.4. The molecule has 114 valence electrons. The van der Waals surface area contributed by atoms with Crippen LogP contribution in [0.25, 0.3) is 11.3 Å². The summed E-state index contributed by atoms with van der Waals surface area (Å²) in [5.74, 6) is 0.694. The Bertz CT molecular complexity index is 718. The molecular weight excluding hydrogens is 286 g/mol. The monoisotopic (exact) mass is 307 g/mol. The smallest absolute Gasteiger partial charge is 0.147 e. The predicted octanol–water partition coefficient (Wildman–Crippen LogP) is 2.13. The number of nitrogens with one attached hydrogen (secondary N) is 1. The summed E-state index contributed by atoms with van der Waals surface area (Å²) in [6.45, 7) is 3.97. The van der Waals surface area contributed by atoms with Crippen LogP contribution in [0, 0.1) is 13.8 Å². The summed E-state index contributed by atoms with van der Waals surface area (Å²) in [6.07, 6.45) is 1.57. The second-order valence-electron chi connectivity index (χ2n) is 5.49. The quantitative estimate of drug-likeness (QED) is 0.885. The van der Waals surface area contributed by atoms with Gasteiger partial charge >= 0.3 is 0 Å². The first kappa shape index (κ1) is 15.7. The number of rotatable bonds is 5. The molecule has 1 aromatic carbocycles. The van der Waals surface area contributed by atoms with Crippen molar-refractivity contribution in [1.29, 1.82) is 0 Å². The van der Waals surface area contributed by atoms with E-state index < -0.39 is 15.9 Å². The topological polar surface area (TPSA) is 88.8 Å². The lowest BCUT2D eigenvalue weighted by Crippen LogP contribution is -2.17. The van der Waals surface area contributed by atoms with E-state index in [4.69, 9.17) is 5.73 Å². The Labute approximate surface area is 125 Å². The van der Waals surface area contributed by atoms with Crippen molar-refractivity contribution in [2.75, 3.05) is 12.0 Å². The molecule has 0 radical (unpaired) electrons. The number of aromatic amines is 1. The third kappa shape index (κ3) is 4.15. The summed E-state index contributed by atoms with van der Waals surface area (Å²) < 4.78 is 22.4. The number of sulfone groups is 1. The first-order chi connectivity index (χ1) is 9.76. The largest absolute Gasteiger partial charge is 0.344 e. The lowest BCUT2D eigenvalue weighted by molar-refractivity contribution is 0.587. The van der Waals surface area contributed by atoms with Gasteiger partial charge in [0.15, 0.2) is 0 Å². The maximum absolute atomic E-state index is 11.2. The van der Waals surface area contributed by atoms with Gasteiger partial charge in [0, 0.05) is 17.5 Å². The van der Waals surface area contributed by atoms with Crippen molar-refractivity contribution in [3.63, 3.8) is 0 Å². The minimum atomic E-state index is -3.01. The average Bonchev–Trinajstić information content (AvgIpc) is 2.78. The van der Waals surface area contributed by atoms with Gasteiger partial charge in [0.1, 0.15) is 15.7 Å². The molecule has 0 aliphatic heterocycles. The van der Waals surface area contributed by atoms with Crippen LogP contribution in [0.15, 0.2) is 24.3 Å². The van der Waals surface area contributed by atoms with Crippen molar-refractivity contribution in [3.8, 4) is 11.3 Å². The molecule has 2 rings (SSSR count). The Morgan fingerprint density at radius 3 is 2.43 bits per heavy atom. The highest BCUT2D eigenvalue weighted by atomic mass is 32.2. The molecule has 1 unspecified atom stereocenters. The summed E-state index contributed by atoms with van der Waals surface area (Å²) in [5.41, 5.74) is 10.0. The van der Waals surface area contributed by atoms with E-state index in [0.29, 0.717) is 12.2 Å². The van der Waals surface area contributed by atoms with Crippen molar-refractivity contribution in [3.05, 3.63) is 41.3 Å². The van der Waals surface area contributed by atoms with Crippen LogP contribution in [-0.2, 0) is 9.84 Å². The Morgan fingerprint density at radius 2 is 1.86 bits per heavy atom. The highest BCUT2D eigenvalue weighted by Gasteiger charge is 2.16. The first-order valence-electron chi connectivity index (χ1n) is 6.83. The van der Waals surface area contributed by atoms with Crippen molar-refractivity contribution in [2.45, 2.75) is 26.3 Å². The van der Waals surface area contributed by atoms with E-state index in [9.17, 15) is 8.42 Å². The third-order valence-electron chi connectivity index (χ3n) is 3.38. The number of imidazole rings is 1. The molecule has 3 N–H and O–H groups in total. The SMILES string of the molecule is Cc1ccc(-c2nc(C(N)CCS(C)(=O)=O)[nH]c2C)cc1. The van der Waals surface area contributed by atoms with E-state index in [1.54, 1.807) is 0 Å². The lowest BCUT2D eigenvalue weighted by Gasteiger charge is -2.07. The molecule has 2 aromatic rings. The molecule has 5 nitrogen and oxygen atoms in total. The number of nitrogens with zero attached hydrogens (tertiary/aromatic N) is 1. The fraction of sp³-hybridized carbons (Fsp3) is 0.400. The zero-order valence-electron chi connectivity index (χ0n) is 12.6. The number of benzene rings is 1. The van der Waals surface area contributed by atoms with Crippen molar-refractivity contribution in [1.82, 2.24) is 9.97 Å². The molecule has 1 heterocycles. The van der Waals surface area contributed by atoms with Crippen molar-refractivity contribution < 1.29 is 8.42 Å². The zero-order chi connectivity index (χ0) is 15.6. The van der Waals surface area contributed by atoms with Crippen LogP contribution in [0.4, 0.5) is 0 Å². The summed E-state index contributed by atoms with van der Waals surface area (Å²) in [6, 6.07) is 7.70. The minimum Gasteiger partial charge on any atom is -0.344 e. The van der Waals surface area contributed by atoms with Gasteiger partial charge in [-0.15, -0.1) is 0 Å². The molecule has 1 aromatic heterocycles. The van der Waals surface area contributed by atoms with Crippen LogP contribution in [0.1, 0.15) is 29.5 Å². The van der Waals surface area contributed by atoms with Gasteiger partial charge in [-0.05, 0) is 20.3 Å². The molecule has 0 saturated carbocycles. The molecule has 0 bridgehead atoms. The van der Waals surface area contributed by atoms with E-state index in [1.165, 1.54) is 11.8 Å². The van der Waals surface area contributed by atoms with Crippen molar-refractivity contribution in [2.24, 2.45) is 5.73 Å². The van der Waals surface area contributed by atoms with Gasteiger partial charge in [-0.25, -0.2) is 13.4 Å². The van der Waals surface area contributed by atoms with E-state index in [2.05, 4.69) is 9.97 Å². The molecule has 0 fully saturated rings. The number of aryl methyl sites for hydroxylation is 2. The van der Waals surface area contributed by atoms with Crippen LogP contribution < -0.4 is 5.73 Å². The second kappa shape index (κ2) is 5.99. The van der Waals surface area contributed by atoms with E-state index in [-0.39, 0.29) is 5.75 Å². The maximum atomic E-state index is 11.2. The van der Waals surface area contributed by atoms with Gasteiger partial charge in [0.05, 0.1) is 17.5 Å². The van der Waals surface area contributed by atoms with Crippen LogP contribution in [0.5, 0.6) is 0 Å². The van der Waals surface area contributed by atoms with Gasteiger partial charge in [0.2, 0.25) is 0 Å². The molecule has 1 atom stereocenters. The fourth-order valence-electron chi connectivity index (χ4n) is 2.13. The average molecular weight is 307 g/mol. The Hall–Kier alpha value is -1.66. The van der Waals surface area contributed by atoms with E-state index >= 15 is 0 Å². The van der Waals surface area contributed by atoms with Gasteiger partial charge in [-0.3, -0.25) is 0 Å². The second-order valence-corrected chi connectivity index (χ2v) is 7.75. The number of hydrogen-bond acceptors (Lipinski definition) is 4. The number of H-pyrrole nitrogens is 1. The maximum Gasteiger partial charge on any atom is 0.147 e. The van der Waals surface area contributed by atoms with Gasteiger partial charge in [-0.1, -0.05) is 29.8 Å². The Morgan fingerprint density at radius 1 is 1.24 bits per heavy atom. The molecular formula is C15H21N3O2S. The molecule has 0 aliphatic carbocycles. The predicted molar refractivity (Wildman–Crippen MR) is 84.8 cm³/mol. The number of aromatic nitrogens is 2. The van der Waals surface area contributed by atoms with Crippen LogP contribution in [0.2, 0.25) is 0 Å². The summed E-state index contributed by atoms with van der Waals surface area (Å²) >= 11 is 0. The Kier molecular flexibility index (Phi) is 4.49. The van der Waals surface area contributed by atoms with Crippen LogP contribution in [0.3, 0.4) is 0 Å².